The quantitative estimate of drug-likeness (QED) is 0.157. The smallest absolute Gasteiger partial charge is 0.226 e. The molecular formula is C27H34N4O3+2. The van der Waals surface area contributed by atoms with Crippen molar-refractivity contribution in [3.8, 4) is 5.75 Å². The van der Waals surface area contributed by atoms with Gasteiger partial charge in [0.1, 0.15) is 12.9 Å². The van der Waals surface area contributed by atoms with Gasteiger partial charge in [-0.3, -0.25) is 4.84 Å². The van der Waals surface area contributed by atoms with Gasteiger partial charge in [-0.05, 0) is 30.3 Å². The second-order valence-electron chi connectivity index (χ2n) is 8.67. The molecule has 34 heavy (non-hydrogen) atoms. The van der Waals surface area contributed by atoms with Crippen LogP contribution in [0.3, 0.4) is 0 Å². The topological polar surface area (TPSA) is 41.9 Å². The first-order valence-electron chi connectivity index (χ1n) is 11.5. The Bertz CT molecular complexity index is 1190. The number of ether oxygens (including phenoxy) is 2. The third-order valence-corrected chi connectivity index (χ3v) is 5.92. The number of hydrogen-bond donors (Lipinski definition) is 0. The Morgan fingerprint density at radius 1 is 0.765 bits per heavy atom. The van der Waals surface area contributed by atoms with E-state index in [1.54, 1.807) is 24.2 Å². The highest BCUT2D eigenvalue weighted by atomic mass is 16.7. The molecule has 0 atom stereocenters. The van der Waals surface area contributed by atoms with Crippen LogP contribution in [0.15, 0.2) is 67.0 Å². The Hall–Kier alpha value is -3.58. The molecule has 0 aliphatic rings. The summed E-state index contributed by atoms with van der Waals surface area (Å²) in [5.74, 6) is 0.746. The fourth-order valence-corrected chi connectivity index (χ4v) is 3.98. The number of pyridine rings is 2. The highest BCUT2D eigenvalue weighted by Crippen LogP contribution is 2.25. The van der Waals surface area contributed by atoms with Crippen LogP contribution in [0, 0.1) is 0 Å². The molecule has 0 aliphatic carbocycles. The molecule has 178 valence electrons. The summed E-state index contributed by atoms with van der Waals surface area (Å²) in [4.78, 5) is 9.38. The Balaban J connectivity index is 1.51. The maximum Gasteiger partial charge on any atom is 0.226 e. The van der Waals surface area contributed by atoms with Gasteiger partial charge in [0.05, 0.1) is 6.61 Å². The summed E-state index contributed by atoms with van der Waals surface area (Å²) in [5, 5.41) is 2.47. The number of nitrogens with zero attached hydrogens (tertiary/aromatic N) is 4. The van der Waals surface area contributed by atoms with E-state index in [4.69, 9.17) is 14.3 Å². The molecule has 0 amide bonds. The van der Waals surface area contributed by atoms with E-state index >= 15 is 0 Å². The molecule has 0 unspecified atom stereocenters. The van der Waals surface area contributed by atoms with Gasteiger partial charge in [-0.1, -0.05) is 0 Å². The molecule has 0 saturated heterocycles. The Morgan fingerprint density at radius 2 is 1.35 bits per heavy atom. The SMILES string of the molecule is CO[n+]1ccc(OCOCCC[n+]2c3cc(N(C)C)ccc3cc3ccc(N(C)C)cc32)cc1. The zero-order chi connectivity index (χ0) is 24.1. The first-order chi connectivity index (χ1) is 16.5. The van der Waals surface area contributed by atoms with Gasteiger partial charge < -0.3 is 19.3 Å². The average Bonchev–Trinajstić information content (AvgIpc) is 2.85. The summed E-state index contributed by atoms with van der Waals surface area (Å²) in [6.45, 7) is 1.67. The highest BCUT2D eigenvalue weighted by molar-refractivity contribution is 5.91. The molecule has 0 radical (unpaired) electrons. The Labute approximate surface area is 201 Å². The largest absolute Gasteiger partial charge is 0.467 e. The maximum atomic E-state index is 5.77. The summed E-state index contributed by atoms with van der Waals surface area (Å²) in [6.07, 6.45) is 4.46. The summed E-state index contributed by atoms with van der Waals surface area (Å²) in [5.41, 5.74) is 4.82. The van der Waals surface area contributed by atoms with Gasteiger partial charge in [0.15, 0.2) is 13.3 Å². The van der Waals surface area contributed by atoms with E-state index in [0.29, 0.717) is 6.61 Å². The van der Waals surface area contributed by atoms with E-state index < -0.39 is 0 Å². The van der Waals surface area contributed by atoms with Gasteiger partial charge in [-0.2, -0.15) is 4.57 Å². The number of benzene rings is 2. The molecule has 2 aromatic heterocycles. The normalized spacial score (nSPS) is 11.1. The first kappa shape index (κ1) is 23.6. The van der Waals surface area contributed by atoms with Crippen molar-refractivity contribution < 1.29 is 23.6 Å². The van der Waals surface area contributed by atoms with Crippen LogP contribution in [0.1, 0.15) is 6.42 Å². The molecule has 0 saturated carbocycles. The minimum atomic E-state index is 0.216. The van der Waals surface area contributed by atoms with Crippen LogP contribution < -0.4 is 28.7 Å². The number of anilines is 2. The molecule has 0 spiro atoms. The summed E-state index contributed by atoms with van der Waals surface area (Å²) in [7, 11) is 9.92. The Morgan fingerprint density at radius 3 is 1.88 bits per heavy atom. The number of rotatable bonds is 10. The van der Waals surface area contributed by atoms with E-state index in [9.17, 15) is 0 Å². The lowest BCUT2D eigenvalue weighted by Crippen LogP contribution is -2.39. The third kappa shape index (κ3) is 5.31. The minimum Gasteiger partial charge on any atom is -0.467 e. The molecule has 0 fully saturated rings. The fraction of sp³-hybridized carbons (Fsp3) is 0.333. The maximum absolute atomic E-state index is 5.77. The molecule has 2 heterocycles. The molecule has 4 aromatic rings. The minimum absolute atomic E-state index is 0.216. The van der Waals surface area contributed by atoms with Crippen molar-refractivity contribution >= 4 is 33.2 Å². The average molecular weight is 463 g/mol. The lowest BCUT2D eigenvalue weighted by Gasteiger charge is -2.15. The summed E-state index contributed by atoms with van der Waals surface area (Å²) >= 11 is 0. The predicted octanol–water partition coefficient (Wildman–Crippen LogP) is 3.20. The van der Waals surface area contributed by atoms with Crippen LogP contribution in [0.4, 0.5) is 11.4 Å². The van der Waals surface area contributed by atoms with Crippen molar-refractivity contribution in [2.24, 2.45) is 0 Å². The van der Waals surface area contributed by atoms with Crippen LogP contribution in [0.25, 0.3) is 21.8 Å². The molecule has 0 N–H and O–H groups in total. The molecule has 0 aliphatic heterocycles. The van der Waals surface area contributed by atoms with Crippen molar-refractivity contribution in [2.45, 2.75) is 13.0 Å². The summed E-state index contributed by atoms with van der Waals surface area (Å²) < 4.78 is 15.5. The van der Waals surface area contributed by atoms with Crippen LogP contribution in [-0.4, -0.2) is 48.7 Å². The van der Waals surface area contributed by atoms with Crippen molar-refractivity contribution in [1.82, 2.24) is 0 Å². The predicted molar refractivity (Wildman–Crippen MR) is 136 cm³/mol. The van der Waals surface area contributed by atoms with Gasteiger partial charge in [0.25, 0.3) is 0 Å². The first-order valence-corrected chi connectivity index (χ1v) is 11.5. The van der Waals surface area contributed by atoms with Gasteiger partial charge in [-0.15, -0.1) is 0 Å². The molecule has 4 rings (SSSR count). The van der Waals surface area contributed by atoms with Crippen molar-refractivity contribution in [2.75, 3.05) is 58.5 Å². The van der Waals surface area contributed by atoms with E-state index in [0.717, 1.165) is 18.7 Å². The van der Waals surface area contributed by atoms with Crippen LogP contribution >= 0.6 is 0 Å². The van der Waals surface area contributed by atoms with E-state index in [1.807, 2.05) is 12.1 Å². The Kier molecular flexibility index (Phi) is 7.33. The van der Waals surface area contributed by atoms with Crippen LogP contribution in [0.2, 0.25) is 0 Å². The third-order valence-electron chi connectivity index (χ3n) is 5.92. The van der Waals surface area contributed by atoms with Gasteiger partial charge in [0, 0.05) is 85.8 Å². The second kappa shape index (κ2) is 10.6. The molecular weight excluding hydrogens is 428 g/mol. The lowest BCUT2D eigenvalue weighted by molar-refractivity contribution is -0.885. The van der Waals surface area contributed by atoms with Crippen molar-refractivity contribution in [1.29, 1.82) is 0 Å². The van der Waals surface area contributed by atoms with E-state index in [2.05, 4.69) is 85.0 Å². The van der Waals surface area contributed by atoms with Gasteiger partial charge in [-0.25, -0.2) is 0 Å². The number of fused-ring (bicyclic) bond motifs is 2. The molecule has 7 heteroatoms. The number of aryl methyl sites for hydroxylation is 1. The fourth-order valence-electron chi connectivity index (χ4n) is 3.98. The number of hydrogen-bond acceptors (Lipinski definition) is 5. The van der Waals surface area contributed by atoms with Crippen LogP contribution in [0.5, 0.6) is 5.75 Å². The van der Waals surface area contributed by atoms with Crippen molar-refractivity contribution in [3.63, 3.8) is 0 Å². The van der Waals surface area contributed by atoms with Gasteiger partial charge >= 0.3 is 0 Å². The van der Waals surface area contributed by atoms with Gasteiger partial charge in [0.2, 0.25) is 23.4 Å². The molecule has 7 nitrogen and oxygen atoms in total. The highest BCUT2D eigenvalue weighted by Gasteiger charge is 2.17. The van der Waals surface area contributed by atoms with E-state index in [-0.39, 0.29) is 6.79 Å². The second-order valence-corrected chi connectivity index (χ2v) is 8.67. The zero-order valence-corrected chi connectivity index (χ0v) is 20.7. The lowest BCUT2D eigenvalue weighted by atomic mass is 10.1. The van der Waals surface area contributed by atoms with E-state index in [1.165, 1.54) is 33.2 Å². The standard InChI is InChI=1S/C27H34N4O3/c1-28(2)23-9-7-21-17-22-8-10-24(29(3)4)19-27(22)31(26(21)18-23)13-6-16-33-20-34-25-11-14-30(32-5)15-12-25/h7-12,14-15,17-19H,6,13,16,20H2,1-5H3/q+2. The zero-order valence-electron chi connectivity index (χ0n) is 20.7. The monoisotopic (exact) mass is 462 g/mol. The van der Waals surface area contributed by atoms with Crippen molar-refractivity contribution in [3.05, 3.63) is 67.0 Å². The molecule has 0 bridgehead atoms. The number of aromatic nitrogens is 2. The molecule has 2 aromatic carbocycles. The van der Waals surface area contributed by atoms with Crippen LogP contribution in [-0.2, 0) is 11.3 Å². The summed E-state index contributed by atoms with van der Waals surface area (Å²) in [6, 6.07) is 19.2.